The molecule has 202 valence electrons. The van der Waals surface area contributed by atoms with Crippen molar-refractivity contribution in [1.82, 2.24) is 16.0 Å². The summed E-state index contributed by atoms with van der Waals surface area (Å²) < 4.78 is 0. The van der Waals surface area contributed by atoms with Crippen molar-refractivity contribution in [2.24, 2.45) is 33.7 Å². The van der Waals surface area contributed by atoms with Gasteiger partial charge in [-0.2, -0.15) is 0 Å². The van der Waals surface area contributed by atoms with E-state index in [4.69, 9.17) is 33.8 Å². The average molecular weight is 518 g/mol. The molecule has 4 unspecified atom stereocenters. The van der Waals surface area contributed by atoms with Crippen LogP contribution < -0.4 is 44.6 Å². The van der Waals surface area contributed by atoms with Crippen LogP contribution >= 0.6 is 0 Å². The van der Waals surface area contributed by atoms with E-state index >= 15 is 0 Å². The molecule has 36 heavy (non-hydrogen) atoms. The third-order valence-corrected chi connectivity index (χ3v) is 4.37. The summed E-state index contributed by atoms with van der Waals surface area (Å²) in [7, 11) is 0. The molecule has 0 aliphatic heterocycles. The number of nitrogens with two attached hydrogens (primary N) is 5. The zero-order valence-corrected chi connectivity index (χ0v) is 19.1. The molecule has 0 saturated heterocycles. The van der Waals surface area contributed by atoms with E-state index in [2.05, 4.69) is 15.6 Å². The number of primary amides is 2. The Hall–Kier alpha value is -4.48. The first-order valence-corrected chi connectivity index (χ1v) is 10.4. The van der Waals surface area contributed by atoms with Crippen molar-refractivity contribution in [3.63, 3.8) is 0 Å². The molecule has 15 N–H and O–H groups in total. The predicted molar refractivity (Wildman–Crippen MR) is 121 cm³/mol. The Morgan fingerprint density at radius 3 is 1.67 bits per heavy atom. The second kappa shape index (κ2) is 15.4. The highest BCUT2D eigenvalue weighted by molar-refractivity contribution is 5.96. The maximum absolute atomic E-state index is 12.8. The molecule has 5 amide bonds. The second-order valence-electron chi connectivity index (χ2n) is 7.52. The first kappa shape index (κ1) is 31.5. The Morgan fingerprint density at radius 1 is 0.694 bits per heavy atom. The molecule has 0 radical (unpaired) electrons. The Morgan fingerprint density at radius 2 is 1.19 bits per heavy atom. The van der Waals surface area contributed by atoms with Gasteiger partial charge in [0.15, 0.2) is 5.96 Å². The van der Waals surface area contributed by atoms with Gasteiger partial charge in [-0.15, -0.1) is 0 Å². The van der Waals surface area contributed by atoms with Crippen molar-refractivity contribution in [1.29, 1.82) is 0 Å². The van der Waals surface area contributed by atoms with Gasteiger partial charge in [0.2, 0.25) is 29.5 Å². The molecule has 0 fully saturated rings. The molecule has 0 aromatic carbocycles. The fraction of sp³-hybridized carbons (Fsp3) is 0.556. The number of amides is 5. The fourth-order valence-electron chi connectivity index (χ4n) is 2.69. The molecule has 4 atom stereocenters. The average Bonchev–Trinajstić information content (AvgIpc) is 2.73. The fourth-order valence-corrected chi connectivity index (χ4v) is 2.69. The normalized spacial score (nSPS) is 13.7. The maximum atomic E-state index is 12.8. The van der Waals surface area contributed by atoms with E-state index in [9.17, 15) is 38.7 Å². The van der Waals surface area contributed by atoms with E-state index in [0.717, 1.165) is 0 Å². The largest absolute Gasteiger partial charge is 0.481 e. The number of carboxylic acid groups (broad SMARTS) is 2. The van der Waals surface area contributed by atoms with Crippen LogP contribution in [0.1, 0.15) is 32.1 Å². The Labute approximate surface area is 204 Å². The van der Waals surface area contributed by atoms with Gasteiger partial charge in [-0.05, 0) is 12.8 Å². The van der Waals surface area contributed by atoms with E-state index < -0.39 is 84.9 Å². The first-order valence-electron chi connectivity index (χ1n) is 10.4. The highest BCUT2D eigenvalue weighted by Crippen LogP contribution is 2.04. The lowest BCUT2D eigenvalue weighted by Crippen LogP contribution is -2.57. The molecule has 0 saturated carbocycles. The highest BCUT2D eigenvalue weighted by Gasteiger charge is 2.32. The van der Waals surface area contributed by atoms with Crippen molar-refractivity contribution in [2.45, 2.75) is 56.3 Å². The second-order valence-corrected chi connectivity index (χ2v) is 7.52. The SMILES string of the molecule is NC(=O)CC(N)C(=O)NC(CC(=O)O)C(=O)NC(CCCN=C(N)N)C(=O)NC(CC(N)=O)C(=O)O. The van der Waals surface area contributed by atoms with Crippen molar-refractivity contribution < 1.29 is 43.8 Å². The number of nitrogens with one attached hydrogen (secondary N) is 3. The van der Waals surface area contributed by atoms with Gasteiger partial charge in [-0.25, -0.2) is 4.79 Å². The zero-order chi connectivity index (χ0) is 28.0. The van der Waals surface area contributed by atoms with Gasteiger partial charge in [0, 0.05) is 6.54 Å². The molecule has 0 spiro atoms. The van der Waals surface area contributed by atoms with E-state index in [0.29, 0.717) is 0 Å². The van der Waals surface area contributed by atoms with Crippen LogP contribution in [-0.2, 0) is 33.6 Å². The van der Waals surface area contributed by atoms with Crippen molar-refractivity contribution in [3.8, 4) is 0 Å². The minimum Gasteiger partial charge on any atom is -0.481 e. The lowest BCUT2D eigenvalue weighted by Gasteiger charge is -2.24. The summed E-state index contributed by atoms with van der Waals surface area (Å²) >= 11 is 0. The Kier molecular flexibility index (Phi) is 13.5. The lowest BCUT2D eigenvalue weighted by molar-refractivity contribution is -0.144. The van der Waals surface area contributed by atoms with E-state index in [1.54, 1.807) is 0 Å². The molecule has 18 nitrogen and oxygen atoms in total. The highest BCUT2D eigenvalue weighted by atomic mass is 16.4. The smallest absolute Gasteiger partial charge is 0.326 e. The number of aliphatic carboxylic acids is 2. The quantitative estimate of drug-likeness (QED) is 0.0489. The summed E-state index contributed by atoms with van der Waals surface area (Å²) in [5, 5.41) is 24.6. The number of guanidine groups is 1. The molecule has 0 aromatic rings. The first-order chi connectivity index (χ1) is 16.6. The topological polar surface area (TPSA) is 338 Å². The number of carboxylic acids is 2. The summed E-state index contributed by atoms with van der Waals surface area (Å²) in [5.74, 6) is -8.51. The van der Waals surface area contributed by atoms with Gasteiger partial charge >= 0.3 is 11.9 Å². The molecule has 0 aliphatic rings. The van der Waals surface area contributed by atoms with Crippen molar-refractivity contribution >= 4 is 47.4 Å². The number of nitrogens with zero attached hydrogens (tertiary/aromatic N) is 1. The Bertz CT molecular complexity index is 889. The summed E-state index contributed by atoms with van der Waals surface area (Å²) in [6, 6.07) is -6.39. The van der Waals surface area contributed by atoms with Crippen LogP contribution in [0.2, 0.25) is 0 Å². The minimum atomic E-state index is -1.73. The summed E-state index contributed by atoms with van der Waals surface area (Å²) in [6.07, 6.45) is -2.32. The number of rotatable bonds is 17. The number of hydrogen-bond donors (Lipinski definition) is 10. The van der Waals surface area contributed by atoms with Crippen LogP contribution in [0.3, 0.4) is 0 Å². The summed E-state index contributed by atoms with van der Waals surface area (Å²) in [6.45, 7) is 0.0168. The van der Waals surface area contributed by atoms with Gasteiger partial charge in [0.1, 0.15) is 18.1 Å². The number of carbonyl (C=O) groups is 7. The molecule has 0 rings (SSSR count). The van der Waals surface area contributed by atoms with E-state index in [-0.39, 0.29) is 25.3 Å². The van der Waals surface area contributed by atoms with Gasteiger partial charge < -0.3 is 54.8 Å². The van der Waals surface area contributed by atoms with Gasteiger partial charge in [-0.3, -0.25) is 33.8 Å². The van der Waals surface area contributed by atoms with Gasteiger partial charge in [0.05, 0.1) is 25.3 Å². The molecule has 18 heteroatoms. The number of aliphatic imine (C=N–C) groups is 1. The van der Waals surface area contributed by atoms with Crippen LogP contribution in [0.5, 0.6) is 0 Å². The Balaban J connectivity index is 5.69. The van der Waals surface area contributed by atoms with E-state index in [1.807, 2.05) is 5.32 Å². The predicted octanol–water partition coefficient (Wildman–Crippen LogP) is -5.87. The van der Waals surface area contributed by atoms with Crippen LogP contribution in [0.25, 0.3) is 0 Å². The molecule has 0 bridgehead atoms. The van der Waals surface area contributed by atoms with Gasteiger partial charge in [0.25, 0.3) is 0 Å². The number of hydrogen-bond acceptors (Lipinski definition) is 9. The van der Waals surface area contributed by atoms with Crippen LogP contribution in [0, 0.1) is 0 Å². The van der Waals surface area contributed by atoms with Crippen LogP contribution in [-0.4, -0.2) is 88.4 Å². The summed E-state index contributed by atoms with van der Waals surface area (Å²) in [5.41, 5.74) is 25.9. The molecule has 0 aliphatic carbocycles. The molecular weight excluding hydrogens is 486 g/mol. The summed E-state index contributed by atoms with van der Waals surface area (Å²) in [4.78, 5) is 85.9. The van der Waals surface area contributed by atoms with Crippen LogP contribution in [0.15, 0.2) is 4.99 Å². The van der Waals surface area contributed by atoms with Crippen molar-refractivity contribution in [3.05, 3.63) is 0 Å². The molecule has 0 aromatic heterocycles. The standard InChI is InChI=1S/C18H31N9O9/c19-7(4-11(20)28)14(32)26-9(6-13(30)31)16(34)25-8(2-1-3-24-18(22)23)15(33)27-10(17(35)36)5-12(21)29/h7-10H,1-6,19H2,(H2,20,28)(H2,21,29)(H,25,34)(H,26,32)(H,27,33)(H,30,31)(H,35,36)(H4,22,23,24). The lowest BCUT2D eigenvalue weighted by atomic mass is 10.1. The van der Waals surface area contributed by atoms with Gasteiger partial charge in [-0.1, -0.05) is 0 Å². The van der Waals surface area contributed by atoms with Crippen molar-refractivity contribution in [2.75, 3.05) is 6.54 Å². The monoisotopic (exact) mass is 517 g/mol. The van der Waals surface area contributed by atoms with Crippen LogP contribution in [0.4, 0.5) is 0 Å². The minimum absolute atomic E-state index is 0.0168. The number of carbonyl (C=O) groups excluding carboxylic acids is 5. The maximum Gasteiger partial charge on any atom is 0.326 e. The zero-order valence-electron chi connectivity index (χ0n) is 19.1. The molecular formula is C18H31N9O9. The third-order valence-electron chi connectivity index (χ3n) is 4.37. The molecule has 0 heterocycles. The third kappa shape index (κ3) is 13.3. The van der Waals surface area contributed by atoms with E-state index in [1.165, 1.54) is 0 Å².